The van der Waals surface area contributed by atoms with Gasteiger partial charge in [-0.05, 0) is 36.4 Å². The first-order valence-corrected chi connectivity index (χ1v) is 9.41. The van der Waals surface area contributed by atoms with Crippen LogP contribution in [0.3, 0.4) is 0 Å². The number of nitrogens with zero attached hydrogens (tertiary/aromatic N) is 2. The fraction of sp³-hybridized carbons (Fsp3) is 0.154. The number of aliphatic hydroxyl groups is 2. The fourth-order valence-corrected chi connectivity index (χ4v) is 2.36. The van der Waals surface area contributed by atoms with Gasteiger partial charge in [0.1, 0.15) is 0 Å². The van der Waals surface area contributed by atoms with Gasteiger partial charge < -0.3 is 20.2 Å². The number of aryl methyl sites for hydroxylation is 2. The van der Waals surface area contributed by atoms with E-state index in [-0.39, 0.29) is 20.1 Å². The molecule has 0 bridgehead atoms. The molecule has 2 aromatic carbocycles. The molecule has 162 valence electrons. The van der Waals surface area contributed by atoms with Gasteiger partial charge in [0, 0.05) is 26.6 Å². The Labute approximate surface area is 199 Å². The van der Waals surface area contributed by atoms with Crippen molar-refractivity contribution in [3.8, 4) is 22.5 Å². The zero-order valence-electron chi connectivity index (χ0n) is 18.2. The van der Waals surface area contributed by atoms with Crippen LogP contribution in [-0.2, 0) is 20.1 Å². The molecular weight excluding hydrogens is 565 g/mol. The summed E-state index contributed by atoms with van der Waals surface area (Å²) in [6.45, 7) is 4.07. The zero-order chi connectivity index (χ0) is 22.2. The second kappa shape index (κ2) is 17.0. The van der Waals surface area contributed by atoms with Gasteiger partial charge in [-0.2, -0.15) is 0 Å². The van der Waals surface area contributed by atoms with Crippen molar-refractivity contribution in [2.24, 2.45) is 0 Å². The number of pyridine rings is 2. The van der Waals surface area contributed by atoms with Gasteiger partial charge in [0.2, 0.25) is 0 Å². The summed E-state index contributed by atoms with van der Waals surface area (Å²) in [5.74, 6) is 0. The molecule has 0 radical (unpaired) electrons. The molecule has 5 heteroatoms. The minimum Gasteiger partial charge on any atom is -0.400 e. The summed E-state index contributed by atoms with van der Waals surface area (Å²) in [6, 6.07) is 30.2. The van der Waals surface area contributed by atoms with E-state index in [1.54, 1.807) is 0 Å². The molecule has 2 aromatic heterocycles. The molecule has 31 heavy (non-hydrogen) atoms. The Morgan fingerprint density at radius 3 is 1.23 bits per heavy atom. The average Bonchev–Trinajstić information content (AvgIpc) is 2.84. The predicted molar refractivity (Wildman–Crippen MR) is 123 cm³/mol. The van der Waals surface area contributed by atoms with E-state index in [0.717, 1.165) is 36.7 Å². The van der Waals surface area contributed by atoms with Gasteiger partial charge in [0.05, 0.1) is 0 Å². The van der Waals surface area contributed by atoms with Crippen LogP contribution >= 0.6 is 0 Å². The van der Waals surface area contributed by atoms with E-state index < -0.39 is 0 Å². The number of rotatable bonds is 2. The normalized spacial score (nSPS) is 8.71. The predicted octanol–water partition coefficient (Wildman–Crippen LogP) is 4.93. The molecular formula is C26H28IrN2O2+. The van der Waals surface area contributed by atoms with Crippen LogP contribution in [0.1, 0.15) is 11.1 Å². The van der Waals surface area contributed by atoms with Crippen molar-refractivity contribution in [1.82, 2.24) is 9.97 Å². The molecule has 0 saturated heterocycles. The summed E-state index contributed by atoms with van der Waals surface area (Å²) in [5.41, 5.74) is 6.40. The van der Waals surface area contributed by atoms with E-state index in [1.165, 1.54) is 11.1 Å². The number of hydrogen-bond donors (Lipinski definition) is 2. The van der Waals surface area contributed by atoms with Crippen molar-refractivity contribution in [1.29, 1.82) is 0 Å². The number of aromatic nitrogens is 2. The fourth-order valence-electron chi connectivity index (χ4n) is 2.36. The molecule has 4 nitrogen and oxygen atoms in total. The number of benzene rings is 2. The van der Waals surface area contributed by atoms with Crippen molar-refractivity contribution < 1.29 is 30.3 Å². The van der Waals surface area contributed by atoms with Crippen LogP contribution in [0.2, 0.25) is 0 Å². The minimum absolute atomic E-state index is 0. The smallest absolute Gasteiger partial charge is 0.400 e. The maximum atomic E-state index is 7.00. The van der Waals surface area contributed by atoms with Crippen LogP contribution < -0.4 is 0 Å². The van der Waals surface area contributed by atoms with Crippen molar-refractivity contribution in [2.75, 3.05) is 14.2 Å². The monoisotopic (exact) mass is 593 g/mol. The van der Waals surface area contributed by atoms with Gasteiger partial charge in [-0.1, -0.05) is 24.3 Å². The molecule has 0 aliphatic rings. The maximum absolute atomic E-state index is 7.00. The van der Waals surface area contributed by atoms with Gasteiger partial charge in [-0.15, -0.1) is 71.8 Å². The largest absolute Gasteiger partial charge is 3.00 e. The number of aliphatic hydroxyl groups excluding tert-OH is 2. The molecule has 0 atom stereocenters. The van der Waals surface area contributed by atoms with Gasteiger partial charge in [-0.25, -0.2) is 0 Å². The van der Waals surface area contributed by atoms with Crippen LogP contribution in [-0.4, -0.2) is 34.4 Å². The molecule has 0 aliphatic heterocycles. The summed E-state index contributed by atoms with van der Waals surface area (Å²) in [6.07, 6.45) is 3.74. The topological polar surface area (TPSA) is 66.2 Å². The Morgan fingerprint density at radius 2 is 0.968 bits per heavy atom. The third-order valence-corrected chi connectivity index (χ3v) is 3.79. The summed E-state index contributed by atoms with van der Waals surface area (Å²) in [4.78, 5) is 8.63. The van der Waals surface area contributed by atoms with E-state index in [4.69, 9.17) is 10.2 Å². The average molecular weight is 593 g/mol. The Bertz CT molecular complexity index is 849. The van der Waals surface area contributed by atoms with Crippen molar-refractivity contribution in [3.05, 3.63) is 108 Å². The zero-order valence-corrected chi connectivity index (χ0v) is 20.6. The minimum atomic E-state index is 0. The van der Waals surface area contributed by atoms with Gasteiger partial charge in [-0.3, -0.25) is 0 Å². The number of hydrogen-bond acceptors (Lipinski definition) is 4. The van der Waals surface area contributed by atoms with Gasteiger partial charge >= 0.3 is 20.1 Å². The molecule has 4 rings (SSSR count). The standard InChI is InChI=1S/2C12H10N.2CH4O.Ir/c2*1-10-7-8-12(13-9-10)11-5-3-2-4-6-11;2*1-2;/h2*2-5,7-9H,1H3;2*2H,1H3;/q2*-1;;;+3. The third kappa shape index (κ3) is 10.3. The first-order valence-electron chi connectivity index (χ1n) is 9.41. The van der Waals surface area contributed by atoms with Gasteiger partial charge in [0.25, 0.3) is 0 Å². The molecule has 0 fully saturated rings. The molecule has 0 aliphatic carbocycles. The van der Waals surface area contributed by atoms with Crippen molar-refractivity contribution in [3.63, 3.8) is 0 Å². The van der Waals surface area contributed by atoms with Crippen LogP contribution in [0.4, 0.5) is 0 Å². The second-order valence-electron chi connectivity index (χ2n) is 5.99. The SMILES string of the molecule is CO.CO.Cc1ccc(-c2[c-]cccc2)nc1.Cc1ccc(-c2[c-]cccc2)nc1.[Ir+3]. The third-order valence-electron chi connectivity index (χ3n) is 3.79. The summed E-state index contributed by atoms with van der Waals surface area (Å²) in [5, 5.41) is 14.0. The summed E-state index contributed by atoms with van der Waals surface area (Å²) in [7, 11) is 2.00. The Morgan fingerprint density at radius 1 is 0.581 bits per heavy atom. The molecule has 0 saturated carbocycles. The Kier molecular flexibility index (Phi) is 15.6. The molecule has 0 spiro atoms. The van der Waals surface area contributed by atoms with E-state index in [2.05, 4.69) is 34.2 Å². The Hall–Kier alpha value is -2.69. The summed E-state index contributed by atoms with van der Waals surface area (Å²) < 4.78 is 0. The van der Waals surface area contributed by atoms with E-state index in [0.29, 0.717) is 0 Å². The molecule has 0 unspecified atom stereocenters. The maximum Gasteiger partial charge on any atom is 3.00 e. The van der Waals surface area contributed by atoms with Crippen LogP contribution in [0.25, 0.3) is 22.5 Å². The van der Waals surface area contributed by atoms with E-state index >= 15 is 0 Å². The first kappa shape index (κ1) is 28.3. The Balaban J connectivity index is 0.000000487. The molecule has 2 heterocycles. The molecule has 0 amide bonds. The molecule has 2 N–H and O–H groups in total. The van der Waals surface area contributed by atoms with E-state index in [1.807, 2.05) is 86.9 Å². The van der Waals surface area contributed by atoms with Crippen molar-refractivity contribution in [2.45, 2.75) is 13.8 Å². The van der Waals surface area contributed by atoms with Crippen LogP contribution in [0, 0.1) is 26.0 Å². The second-order valence-corrected chi connectivity index (χ2v) is 5.99. The van der Waals surface area contributed by atoms with Crippen molar-refractivity contribution >= 4 is 0 Å². The van der Waals surface area contributed by atoms with E-state index in [9.17, 15) is 0 Å². The quantitative estimate of drug-likeness (QED) is 0.324. The molecule has 4 aromatic rings. The summed E-state index contributed by atoms with van der Waals surface area (Å²) >= 11 is 0. The van der Waals surface area contributed by atoms with Crippen LogP contribution in [0.15, 0.2) is 85.2 Å². The first-order chi connectivity index (χ1) is 14.7. The van der Waals surface area contributed by atoms with Gasteiger partial charge in [0.15, 0.2) is 0 Å². The van der Waals surface area contributed by atoms with Crippen LogP contribution in [0.5, 0.6) is 0 Å².